The van der Waals surface area contributed by atoms with Crippen LogP contribution in [0.2, 0.25) is 0 Å². The number of alkyl halides is 3. The molecule has 0 unspecified atom stereocenters. The van der Waals surface area contributed by atoms with Gasteiger partial charge in [-0.15, -0.1) is 11.3 Å². The Balaban J connectivity index is 1.81. The van der Waals surface area contributed by atoms with Crippen LogP contribution in [0.25, 0.3) is 0 Å². The Morgan fingerprint density at radius 1 is 1.23 bits per heavy atom. The second-order valence-corrected chi connectivity index (χ2v) is 6.72. The van der Waals surface area contributed by atoms with Crippen LogP contribution in [0.3, 0.4) is 0 Å². The zero-order valence-corrected chi connectivity index (χ0v) is 15.5. The molecule has 2 heterocycles. The van der Waals surface area contributed by atoms with Crippen LogP contribution in [0.15, 0.2) is 23.3 Å². The van der Waals surface area contributed by atoms with Crippen LogP contribution in [-0.4, -0.2) is 35.8 Å². The van der Waals surface area contributed by atoms with E-state index in [4.69, 9.17) is 0 Å². The SMILES string of the molecule is CN=C(NCc1ccc(OCC(F)(F)F)nc1)NCc1sc(C)nc1C. The average molecular weight is 387 g/mol. The molecule has 0 fully saturated rings. The minimum atomic E-state index is -4.38. The van der Waals surface area contributed by atoms with Crippen molar-refractivity contribution in [1.29, 1.82) is 0 Å². The van der Waals surface area contributed by atoms with E-state index in [1.807, 2.05) is 13.8 Å². The highest BCUT2D eigenvalue weighted by Gasteiger charge is 2.28. The van der Waals surface area contributed by atoms with E-state index in [0.717, 1.165) is 21.1 Å². The van der Waals surface area contributed by atoms with Crippen LogP contribution >= 0.6 is 11.3 Å². The van der Waals surface area contributed by atoms with Gasteiger partial charge in [-0.3, -0.25) is 4.99 Å². The molecule has 6 nitrogen and oxygen atoms in total. The lowest BCUT2D eigenvalue weighted by Gasteiger charge is -2.12. The molecular formula is C16H20F3N5OS. The van der Waals surface area contributed by atoms with Crippen LogP contribution in [0, 0.1) is 13.8 Å². The molecule has 2 aromatic rings. The molecule has 10 heteroatoms. The fourth-order valence-electron chi connectivity index (χ4n) is 2.06. The first-order chi connectivity index (χ1) is 12.3. The molecule has 0 bridgehead atoms. The number of aryl methyl sites for hydroxylation is 2. The molecule has 26 heavy (non-hydrogen) atoms. The van der Waals surface area contributed by atoms with Crippen molar-refractivity contribution in [3.63, 3.8) is 0 Å². The zero-order chi connectivity index (χ0) is 19.2. The van der Waals surface area contributed by atoms with E-state index in [1.165, 1.54) is 12.3 Å². The van der Waals surface area contributed by atoms with E-state index in [2.05, 4.69) is 30.3 Å². The summed E-state index contributed by atoms with van der Waals surface area (Å²) in [6, 6.07) is 3.05. The van der Waals surface area contributed by atoms with Gasteiger partial charge in [0.1, 0.15) is 0 Å². The van der Waals surface area contributed by atoms with Gasteiger partial charge < -0.3 is 15.4 Å². The van der Waals surface area contributed by atoms with E-state index in [-0.39, 0.29) is 5.88 Å². The van der Waals surface area contributed by atoms with Crippen LogP contribution < -0.4 is 15.4 Å². The van der Waals surface area contributed by atoms with Gasteiger partial charge in [-0.25, -0.2) is 9.97 Å². The Morgan fingerprint density at radius 3 is 2.50 bits per heavy atom. The third-order valence-corrected chi connectivity index (χ3v) is 4.35. The standard InChI is InChI=1S/C16H20F3N5OS/c1-10-13(26-11(2)24-10)8-23-15(20-3)22-7-12-4-5-14(21-6-12)25-9-16(17,18)19/h4-6H,7-9H2,1-3H3,(H2,20,22,23). The van der Waals surface area contributed by atoms with Crippen molar-refractivity contribution in [2.75, 3.05) is 13.7 Å². The van der Waals surface area contributed by atoms with E-state index < -0.39 is 12.8 Å². The van der Waals surface area contributed by atoms with Gasteiger partial charge >= 0.3 is 6.18 Å². The number of nitrogens with zero attached hydrogens (tertiary/aromatic N) is 3. The highest BCUT2D eigenvalue weighted by atomic mass is 32.1. The Bertz CT molecular complexity index is 743. The van der Waals surface area contributed by atoms with Gasteiger partial charge in [0.05, 0.1) is 17.2 Å². The lowest BCUT2D eigenvalue weighted by Crippen LogP contribution is -2.36. The van der Waals surface area contributed by atoms with Crippen molar-refractivity contribution in [2.45, 2.75) is 33.1 Å². The summed E-state index contributed by atoms with van der Waals surface area (Å²) in [5, 5.41) is 7.33. The van der Waals surface area contributed by atoms with Gasteiger partial charge in [-0.05, 0) is 19.4 Å². The minimum Gasteiger partial charge on any atom is -0.468 e. The molecule has 0 aromatic carbocycles. The smallest absolute Gasteiger partial charge is 0.422 e. The predicted octanol–water partition coefficient (Wildman–Crippen LogP) is 2.96. The highest BCUT2D eigenvalue weighted by Crippen LogP contribution is 2.17. The number of ether oxygens (including phenoxy) is 1. The molecule has 0 saturated carbocycles. The van der Waals surface area contributed by atoms with Gasteiger partial charge in [0.15, 0.2) is 12.6 Å². The number of aromatic nitrogens is 2. The van der Waals surface area contributed by atoms with Crippen molar-refractivity contribution >= 4 is 17.3 Å². The van der Waals surface area contributed by atoms with Crippen LogP contribution in [-0.2, 0) is 13.1 Å². The van der Waals surface area contributed by atoms with Crippen molar-refractivity contribution in [3.05, 3.63) is 39.5 Å². The highest BCUT2D eigenvalue weighted by molar-refractivity contribution is 7.11. The maximum atomic E-state index is 12.1. The molecule has 0 aliphatic carbocycles. The maximum Gasteiger partial charge on any atom is 0.422 e. The second kappa shape index (κ2) is 8.84. The minimum absolute atomic E-state index is 0.0652. The zero-order valence-electron chi connectivity index (χ0n) is 14.6. The molecular weight excluding hydrogens is 367 g/mol. The number of nitrogens with one attached hydrogen (secondary N) is 2. The first-order valence-corrected chi connectivity index (χ1v) is 8.60. The summed E-state index contributed by atoms with van der Waals surface area (Å²) < 4.78 is 40.9. The number of rotatable bonds is 6. The summed E-state index contributed by atoms with van der Waals surface area (Å²) in [7, 11) is 1.66. The monoisotopic (exact) mass is 387 g/mol. The number of hydrogen-bond acceptors (Lipinski definition) is 5. The molecule has 0 saturated heterocycles. The lowest BCUT2D eigenvalue weighted by atomic mass is 10.3. The van der Waals surface area contributed by atoms with Crippen molar-refractivity contribution in [1.82, 2.24) is 20.6 Å². The van der Waals surface area contributed by atoms with Crippen molar-refractivity contribution in [3.8, 4) is 5.88 Å². The molecule has 0 amide bonds. The summed E-state index contributed by atoms with van der Waals surface area (Å²) >= 11 is 1.63. The van der Waals surface area contributed by atoms with E-state index in [0.29, 0.717) is 19.0 Å². The van der Waals surface area contributed by atoms with E-state index in [9.17, 15) is 13.2 Å². The third-order valence-electron chi connectivity index (χ3n) is 3.28. The second-order valence-electron chi connectivity index (χ2n) is 5.43. The van der Waals surface area contributed by atoms with Gasteiger partial charge in [0, 0.05) is 30.7 Å². The Labute approximate surface area is 153 Å². The topological polar surface area (TPSA) is 71.4 Å². The summed E-state index contributed by atoms with van der Waals surface area (Å²) in [5.41, 5.74) is 1.78. The third kappa shape index (κ3) is 6.51. The first-order valence-electron chi connectivity index (χ1n) is 7.78. The predicted molar refractivity (Wildman–Crippen MR) is 94.4 cm³/mol. The molecule has 0 radical (unpaired) electrons. The van der Waals surface area contributed by atoms with E-state index in [1.54, 1.807) is 24.5 Å². The fourth-order valence-corrected chi connectivity index (χ4v) is 2.94. The van der Waals surface area contributed by atoms with Gasteiger partial charge in [0.2, 0.25) is 5.88 Å². The molecule has 0 aliphatic rings. The summed E-state index contributed by atoms with van der Waals surface area (Å²) in [6.07, 6.45) is -2.92. The number of hydrogen-bond donors (Lipinski definition) is 2. The molecule has 0 aliphatic heterocycles. The Kier molecular flexibility index (Phi) is 6.78. The summed E-state index contributed by atoms with van der Waals surface area (Å²) in [4.78, 5) is 13.5. The number of aliphatic imine (C=N–C) groups is 1. The van der Waals surface area contributed by atoms with Crippen molar-refractivity contribution < 1.29 is 17.9 Å². The average Bonchev–Trinajstić information content (AvgIpc) is 2.91. The molecule has 142 valence electrons. The van der Waals surface area contributed by atoms with Gasteiger partial charge in [0.25, 0.3) is 0 Å². The largest absolute Gasteiger partial charge is 0.468 e. The maximum absolute atomic E-state index is 12.1. The lowest BCUT2D eigenvalue weighted by molar-refractivity contribution is -0.154. The quantitative estimate of drug-likeness (QED) is 0.589. The van der Waals surface area contributed by atoms with Crippen LogP contribution in [0.1, 0.15) is 21.1 Å². The molecule has 2 aromatic heterocycles. The molecule has 2 rings (SSSR count). The van der Waals surface area contributed by atoms with E-state index >= 15 is 0 Å². The van der Waals surface area contributed by atoms with Crippen molar-refractivity contribution in [2.24, 2.45) is 4.99 Å². The fraction of sp³-hybridized carbons (Fsp3) is 0.438. The van der Waals surface area contributed by atoms with Gasteiger partial charge in [-0.1, -0.05) is 6.07 Å². The molecule has 2 N–H and O–H groups in total. The number of guanidine groups is 1. The van der Waals surface area contributed by atoms with Crippen LogP contribution in [0.4, 0.5) is 13.2 Å². The number of pyridine rings is 1. The summed E-state index contributed by atoms with van der Waals surface area (Å²) in [6.45, 7) is 3.60. The summed E-state index contributed by atoms with van der Waals surface area (Å²) in [5.74, 6) is 0.539. The van der Waals surface area contributed by atoms with Gasteiger partial charge in [-0.2, -0.15) is 13.2 Å². The number of thiazole rings is 1. The number of halogens is 3. The van der Waals surface area contributed by atoms with Crippen LogP contribution in [0.5, 0.6) is 5.88 Å². The molecule has 0 atom stereocenters. The Morgan fingerprint density at radius 2 is 1.96 bits per heavy atom. The molecule has 0 spiro atoms. The normalized spacial score (nSPS) is 12.2. The first kappa shape index (κ1) is 20.0. The Hall–Kier alpha value is -2.36.